The van der Waals surface area contributed by atoms with Crippen molar-refractivity contribution in [2.75, 3.05) is 12.3 Å². The zero-order valence-electron chi connectivity index (χ0n) is 8.36. The largest absolute Gasteiger partial charge is 0.368 e. The van der Waals surface area contributed by atoms with E-state index in [1.54, 1.807) is 0 Å². The number of ketones is 1. The van der Waals surface area contributed by atoms with E-state index < -0.39 is 11.9 Å². The fourth-order valence-corrected chi connectivity index (χ4v) is 2.55. The van der Waals surface area contributed by atoms with Gasteiger partial charge < -0.3 is 5.73 Å². The van der Waals surface area contributed by atoms with Gasteiger partial charge >= 0.3 is 0 Å². The third-order valence-corrected chi connectivity index (χ3v) is 3.36. The molecule has 4 nitrogen and oxygen atoms in total. The summed E-state index contributed by atoms with van der Waals surface area (Å²) in [6, 6.07) is -0.683. The van der Waals surface area contributed by atoms with Gasteiger partial charge in [0.25, 0.3) is 0 Å². The smallest absolute Gasteiger partial charge is 0.243 e. The predicted octanol–water partition coefficient (Wildman–Crippen LogP) is 0.563. The fourth-order valence-electron chi connectivity index (χ4n) is 1.47. The number of nitrogens with zero attached hydrogens (tertiary/aromatic N) is 1. The maximum absolute atomic E-state index is 11.3. The van der Waals surface area contributed by atoms with Gasteiger partial charge in [-0.1, -0.05) is 31.7 Å². The van der Waals surface area contributed by atoms with E-state index in [-0.39, 0.29) is 5.78 Å². The summed E-state index contributed by atoms with van der Waals surface area (Å²) >= 11 is 1.42. The first-order valence-electron chi connectivity index (χ1n) is 4.88. The Kier molecular flexibility index (Phi) is 4.41. The van der Waals surface area contributed by atoms with Crippen molar-refractivity contribution < 1.29 is 9.59 Å². The highest BCUT2D eigenvalue weighted by Crippen LogP contribution is 2.24. The van der Waals surface area contributed by atoms with Crippen molar-refractivity contribution in [2.24, 2.45) is 5.73 Å². The number of primary amides is 1. The molecule has 5 heteroatoms. The zero-order chi connectivity index (χ0) is 10.6. The molecule has 2 N–H and O–H groups in total. The SMILES string of the molecule is CCCCCN1SCC(=O)C1C(N)=O. The van der Waals surface area contributed by atoms with Crippen molar-refractivity contribution in [1.29, 1.82) is 0 Å². The molecule has 1 rings (SSSR count). The van der Waals surface area contributed by atoms with Gasteiger partial charge in [0, 0.05) is 6.54 Å². The summed E-state index contributed by atoms with van der Waals surface area (Å²) in [5, 5.41) is 0. The van der Waals surface area contributed by atoms with Gasteiger partial charge in [0.15, 0.2) is 11.8 Å². The quantitative estimate of drug-likeness (QED) is 0.414. The van der Waals surface area contributed by atoms with E-state index in [0.29, 0.717) is 5.75 Å². The maximum atomic E-state index is 11.3. The van der Waals surface area contributed by atoms with Crippen LogP contribution in [-0.2, 0) is 9.59 Å². The van der Waals surface area contributed by atoms with Crippen LogP contribution in [0.25, 0.3) is 0 Å². The number of carbonyl (C=O) groups excluding carboxylic acids is 2. The van der Waals surface area contributed by atoms with Crippen LogP contribution in [0.15, 0.2) is 0 Å². The van der Waals surface area contributed by atoms with Crippen LogP contribution in [-0.4, -0.2) is 34.3 Å². The molecule has 0 aliphatic carbocycles. The fraction of sp³-hybridized carbons (Fsp3) is 0.778. The van der Waals surface area contributed by atoms with E-state index in [1.165, 1.54) is 11.9 Å². The van der Waals surface area contributed by atoms with Crippen LogP contribution < -0.4 is 5.73 Å². The van der Waals surface area contributed by atoms with E-state index in [9.17, 15) is 9.59 Å². The molecule has 1 atom stereocenters. The molecular formula is C9H16N2O2S. The second-order valence-electron chi connectivity index (χ2n) is 3.39. The summed E-state index contributed by atoms with van der Waals surface area (Å²) < 4.78 is 1.82. The zero-order valence-corrected chi connectivity index (χ0v) is 9.18. The first-order chi connectivity index (χ1) is 6.66. The van der Waals surface area contributed by atoms with E-state index in [1.807, 2.05) is 4.31 Å². The van der Waals surface area contributed by atoms with Crippen molar-refractivity contribution >= 4 is 23.6 Å². The average Bonchev–Trinajstić information content (AvgIpc) is 2.47. The maximum Gasteiger partial charge on any atom is 0.243 e. The molecule has 0 saturated carbocycles. The number of unbranched alkanes of at least 4 members (excludes halogenated alkanes) is 2. The van der Waals surface area contributed by atoms with Crippen molar-refractivity contribution in [3.63, 3.8) is 0 Å². The second-order valence-corrected chi connectivity index (χ2v) is 4.41. The first-order valence-corrected chi connectivity index (χ1v) is 5.82. The molecule has 0 bridgehead atoms. The lowest BCUT2D eigenvalue weighted by Gasteiger charge is -2.18. The van der Waals surface area contributed by atoms with Gasteiger partial charge in [0.2, 0.25) is 5.91 Å². The molecular weight excluding hydrogens is 200 g/mol. The van der Waals surface area contributed by atoms with Gasteiger partial charge in [-0.15, -0.1) is 0 Å². The van der Waals surface area contributed by atoms with Gasteiger partial charge in [-0.25, -0.2) is 4.31 Å². The molecule has 1 saturated heterocycles. The molecule has 0 aromatic carbocycles. The first kappa shape index (κ1) is 11.5. The Balaban J connectivity index is 2.43. The van der Waals surface area contributed by atoms with Crippen LogP contribution in [0.5, 0.6) is 0 Å². The number of hydrogen-bond acceptors (Lipinski definition) is 4. The molecule has 1 fully saturated rings. The molecule has 0 spiro atoms. The highest BCUT2D eigenvalue weighted by atomic mass is 32.2. The number of Topliss-reactive ketones (excluding diaryl/α,β-unsaturated/α-hetero) is 1. The van der Waals surface area contributed by atoms with Crippen molar-refractivity contribution in [3.8, 4) is 0 Å². The van der Waals surface area contributed by atoms with E-state index in [0.717, 1.165) is 25.8 Å². The summed E-state index contributed by atoms with van der Waals surface area (Å²) in [5.74, 6) is -0.185. The van der Waals surface area contributed by atoms with Gasteiger partial charge in [-0.05, 0) is 6.42 Å². The number of rotatable bonds is 5. The molecule has 1 aliphatic rings. The number of amides is 1. The number of carbonyl (C=O) groups is 2. The third-order valence-electron chi connectivity index (χ3n) is 2.22. The molecule has 80 valence electrons. The summed E-state index contributed by atoms with van der Waals surface area (Å²) in [6.07, 6.45) is 3.27. The lowest BCUT2D eigenvalue weighted by atomic mass is 10.2. The van der Waals surface area contributed by atoms with Crippen LogP contribution in [0.3, 0.4) is 0 Å². The monoisotopic (exact) mass is 216 g/mol. The third kappa shape index (κ3) is 2.72. The lowest BCUT2D eigenvalue weighted by molar-refractivity contribution is -0.129. The van der Waals surface area contributed by atoms with Crippen LogP contribution in [0, 0.1) is 0 Å². The molecule has 0 aromatic rings. The topological polar surface area (TPSA) is 63.4 Å². The summed E-state index contributed by atoms with van der Waals surface area (Å²) in [5.41, 5.74) is 5.17. The van der Waals surface area contributed by atoms with E-state index in [4.69, 9.17) is 5.73 Å². The normalized spacial score (nSPS) is 22.9. The van der Waals surface area contributed by atoms with Gasteiger partial charge in [0.05, 0.1) is 5.75 Å². The van der Waals surface area contributed by atoms with Crippen molar-refractivity contribution in [1.82, 2.24) is 4.31 Å². The Morgan fingerprint density at radius 2 is 2.36 bits per heavy atom. The van der Waals surface area contributed by atoms with Crippen LogP contribution in [0.1, 0.15) is 26.2 Å². The highest BCUT2D eigenvalue weighted by Gasteiger charge is 2.36. The predicted molar refractivity (Wildman–Crippen MR) is 56.7 cm³/mol. The highest BCUT2D eigenvalue weighted by molar-refractivity contribution is 7.98. The summed E-state index contributed by atoms with van der Waals surface area (Å²) in [7, 11) is 0. The number of hydrogen-bond donors (Lipinski definition) is 1. The average molecular weight is 216 g/mol. The molecule has 1 unspecified atom stereocenters. The standard InChI is InChI=1S/C9H16N2O2S/c1-2-3-4-5-11-8(9(10)13)7(12)6-14-11/h8H,2-6H2,1H3,(H2,10,13). The Hall–Kier alpha value is -0.550. The van der Waals surface area contributed by atoms with Crippen molar-refractivity contribution in [3.05, 3.63) is 0 Å². The summed E-state index contributed by atoms with van der Waals surface area (Å²) in [4.78, 5) is 22.3. The van der Waals surface area contributed by atoms with E-state index >= 15 is 0 Å². The van der Waals surface area contributed by atoms with E-state index in [2.05, 4.69) is 6.92 Å². The van der Waals surface area contributed by atoms with Crippen LogP contribution >= 0.6 is 11.9 Å². The Morgan fingerprint density at radius 3 is 2.93 bits per heavy atom. The van der Waals surface area contributed by atoms with Gasteiger partial charge in [0.1, 0.15) is 0 Å². The van der Waals surface area contributed by atoms with Crippen LogP contribution in [0.4, 0.5) is 0 Å². The number of nitrogens with two attached hydrogens (primary N) is 1. The molecule has 0 radical (unpaired) electrons. The molecule has 1 amide bonds. The Morgan fingerprint density at radius 1 is 1.64 bits per heavy atom. The lowest BCUT2D eigenvalue weighted by Crippen LogP contribution is -2.42. The minimum Gasteiger partial charge on any atom is -0.368 e. The minimum absolute atomic E-state index is 0.0565. The summed E-state index contributed by atoms with van der Waals surface area (Å²) in [6.45, 7) is 2.89. The molecule has 1 heterocycles. The molecule has 0 aromatic heterocycles. The van der Waals surface area contributed by atoms with Gasteiger partial charge in [-0.2, -0.15) is 0 Å². The molecule has 14 heavy (non-hydrogen) atoms. The van der Waals surface area contributed by atoms with Crippen LogP contribution in [0.2, 0.25) is 0 Å². The van der Waals surface area contributed by atoms with Crippen molar-refractivity contribution in [2.45, 2.75) is 32.2 Å². The molecule has 1 aliphatic heterocycles. The van der Waals surface area contributed by atoms with Gasteiger partial charge in [-0.3, -0.25) is 9.59 Å². The second kappa shape index (κ2) is 5.36. The Bertz CT molecular complexity index is 233. The minimum atomic E-state index is -0.683. The Labute approximate surface area is 88.3 Å².